The Hall–Kier alpha value is -1.80. The number of rotatable bonds is 2. The van der Waals surface area contributed by atoms with Gasteiger partial charge in [0, 0.05) is 12.7 Å². The van der Waals surface area contributed by atoms with Crippen LogP contribution in [0.25, 0.3) is 0 Å². The number of halogens is 1. The zero-order valence-corrected chi connectivity index (χ0v) is 9.68. The Labute approximate surface area is 103 Å². The molecule has 1 aliphatic heterocycles. The molecular formula is C11H10ClN3O2. The van der Waals surface area contributed by atoms with E-state index in [1.54, 1.807) is 4.90 Å². The van der Waals surface area contributed by atoms with Gasteiger partial charge in [0.2, 0.25) is 0 Å². The van der Waals surface area contributed by atoms with Crippen LogP contribution < -0.4 is 4.90 Å². The number of hydrogen-bond donors (Lipinski definition) is 1. The molecule has 0 aromatic carbocycles. The first-order valence-electron chi connectivity index (χ1n) is 5.18. The van der Waals surface area contributed by atoms with Crippen LogP contribution in [0, 0.1) is 11.3 Å². The van der Waals surface area contributed by atoms with Crippen LogP contribution in [0.15, 0.2) is 12.3 Å². The maximum Gasteiger partial charge on any atom is 0.326 e. The molecule has 1 aromatic heterocycles. The number of carboxylic acids is 1. The average molecular weight is 252 g/mol. The van der Waals surface area contributed by atoms with Crippen LogP contribution in [0.3, 0.4) is 0 Å². The van der Waals surface area contributed by atoms with Crippen LogP contribution in [0.5, 0.6) is 0 Å². The zero-order chi connectivity index (χ0) is 12.4. The minimum atomic E-state index is -0.871. The Balaban J connectivity index is 2.34. The topological polar surface area (TPSA) is 77.2 Å². The van der Waals surface area contributed by atoms with Gasteiger partial charge in [-0.25, -0.2) is 9.78 Å². The summed E-state index contributed by atoms with van der Waals surface area (Å²) in [6, 6.07) is 2.86. The van der Waals surface area contributed by atoms with E-state index in [0.29, 0.717) is 29.4 Å². The largest absolute Gasteiger partial charge is 0.480 e. The van der Waals surface area contributed by atoms with Crippen molar-refractivity contribution in [3.63, 3.8) is 0 Å². The minimum Gasteiger partial charge on any atom is -0.480 e. The van der Waals surface area contributed by atoms with Crippen LogP contribution in [-0.4, -0.2) is 28.6 Å². The van der Waals surface area contributed by atoms with Crippen molar-refractivity contribution in [2.45, 2.75) is 18.9 Å². The predicted octanol–water partition coefficient (Wildman–Crippen LogP) is 1.66. The highest BCUT2D eigenvalue weighted by atomic mass is 35.5. The molecule has 6 heteroatoms. The maximum absolute atomic E-state index is 11.1. The summed E-state index contributed by atoms with van der Waals surface area (Å²) in [5.74, 6) is -0.430. The van der Waals surface area contributed by atoms with Crippen LogP contribution in [-0.2, 0) is 4.79 Å². The molecular weight excluding hydrogens is 242 g/mol. The van der Waals surface area contributed by atoms with Gasteiger partial charge in [0.05, 0.1) is 10.6 Å². The molecule has 1 atom stereocenters. The van der Waals surface area contributed by atoms with Crippen molar-refractivity contribution in [1.82, 2.24) is 4.98 Å². The molecule has 0 bridgehead atoms. The normalized spacial score (nSPS) is 19.1. The fourth-order valence-electron chi connectivity index (χ4n) is 1.98. The summed E-state index contributed by atoms with van der Waals surface area (Å²) in [5, 5.41) is 18.1. The molecule has 1 N–H and O–H groups in total. The molecule has 1 aromatic rings. The highest BCUT2D eigenvalue weighted by Crippen LogP contribution is 2.30. The third-order valence-electron chi connectivity index (χ3n) is 2.76. The van der Waals surface area contributed by atoms with Crippen LogP contribution >= 0.6 is 11.6 Å². The summed E-state index contributed by atoms with van der Waals surface area (Å²) in [6.45, 7) is 0.621. The second kappa shape index (κ2) is 4.60. The third kappa shape index (κ3) is 2.17. The zero-order valence-electron chi connectivity index (χ0n) is 8.93. The lowest BCUT2D eigenvalue weighted by atomic mass is 10.2. The van der Waals surface area contributed by atoms with Gasteiger partial charge in [-0.05, 0) is 18.9 Å². The second-order valence-corrected chi connectivity index (χ2v) is 4.24. The third-order valence-corrected chi connectivity index (χ3v) is 3.04. The van der Waals surface area contributed by atoms with Crippen molar-refractivity contribution in [1.29, 1.82) is 5.26 Å². The summed E-state index contributed by atoms with van der Waals surface area (Å²) in [6.07, 6.45) is 2.79. The first-order valence-corrected chi connectivity index (χ1v) is 5.56. The van der Waals surface area contributed by atoms with E-state index in [2.05, 4.69) is 4.98 Å². The number of carbonyl (C=O) groups is 1. The highest BCUT2D eigenvalue weighted by Gasteiger charge is 2.32. The quantitative estimate of drug-likeness (QED) is 0.865. The molecule has 0 amide bonds. The van der Waals surface area contributed by atoms with Crippen molar-refractivity contribution in [2.75, 3.05) is 11.4 Å². The van der Waals surface area contributed by atoms with Gasteiger partial charge in [0.1, 0.15) is 17.9 Å². The lowest BCUT2D eigenvalue weighted by molar-refractivity contribution is -0.138. The lowest BCUT2D eigenvalue weighted by Gasteiger charge is -2.23. The van der Waals surface area contributed by atoms with Crippen LogP contribution in [0.2, 0.25) is 5.02 Å². The Bertz CT molecular complexity index is 498. The summed E-state index contributed by atoms with van der Waals surface area (Å²) < 4.78 is 0. The number of aliphatic carboxylic acids is 1. The van der Waals surface area contributed by atoms with E-state index in [1.165, 1.54) is 12.3 Å². The number of anilines is 1. The molecule has 1 saturated heterocycles. The molecule has 0 saturated carbocycles. The first kappa shape index (κ1) is 11.7. The van der Waals surface area contributed by atoms with E-state index >= 15 is 0 Å². The van der Waals surface area contributed by atoms with E-state index in [-0.39, 0.29) is 0 Å². The molecule has 5 nitrogen and oxygen atoms in total. The summed E-state index contributed by atoms with van der Waals surface area (Å²) in [5.41, 5.74) is 0.366. The first-order chi connectivity index (χ1) is 8.13. The minimum absolute atomic E-state index is 0.317. The van der Waals surface area contributed by atoms with Gasteiger partial charge in [-0.1, -0.05) is 11.6 Å². The van der Waals surface area contributed by atoms with Crippen LogP contribution in [0.4, 0.5) is 5.82 Å². The van der Waals surface area contributed by atoms with Gasteiger partial charge in [-0.2, -0.15) is 5.26 Å². The monoisotopic (exact) mass is 251 g/mol. The molecule has 2 heterocycles. The van der Waals surface area contributed by atoms with Gasteiger partial charge in [-0.15, -0.1) is 0 Å². The number of nitrogens with zero attached hydrogens (tertiary/aromatic N) is 3. The Morgan fingerprint density at radius 1 is 1.71 bits per heavy atom. The molecule has 0 spiro atoms. The fourth-order valence-corrected chi connectivity index (χ4v) is 2.26. The van der Waals surface area contributed by atoms with Gasteiger partial charge < -0.3 is 10.0 Å². The van der Waals surface area contributed by atoms with Crippen molar-refractivity contribution in [3.8, 4) is 6.07 Å². The summed E-state index contributed by atoms with van der Waals surface area (Å²) in [7, 11) is 0. The van der Waals surface area contributed by atoms with Gasteiger partial charge in [0.15, 0.2) is 0 Å². The van der Waals surface area contributed by atoms with E-state index in [9.17, 15) is 4.79 Å². The van der Waals surface area contributed by atoms with Crippen molar-refractivity contribution < 1.29 is 9.90 Å². The number of hydrogen-bond acceptors (Lipinski definition) is 4. The molecule has 2 rings (SSSR count). The predicted molar refractivity (Wildman–Crippen MR) is 62.0 cm³/mol. The second-order valence-electron chi connectivity index (χ2n) is 3.83. The summed E-state index contributed by atoms with van der Waals surface area (Å²) >= 11 is 6.01. The Kier molecular flexibility index (Phi) is 3.16. The van der Waals surface area contributed by atoms with E-state index in [4.69, 9.17) is 22.0 Å². The Morgan fingerprint density at radius 2 is 2.47 bits per heavy atom. The SMILES string of the molecule is N#Cc1cnc(N2CCC[C@@H]2C(=O)O)c(Cl)c1. The number of pyridine rings is 1. The van der Waals surface area contributed by atoms with Crippen molar-refractivity contribution in [3.05, 3.63) is 22.8 Å². The number of aromatic nitrogens is 1. The smallest absolute Gasteiger partial charge is 0.326 e. The van der Waals surface area contributed by atoms with E-state index in [1.807, 2.05) is 6.07 Å². The van der Waals surface area contributed by atoms with E-state index < -0.39 is 12.0 Å². The summed E-state index contributed by atoms with van der Waals surface area (Å²) in [4.78, 5) is 16.8. The van der Waals surface area contributed by atoms with E-state index in [0.717, 1.165) is 6.42 Å². The molecule has 0 radical (unpaired) electrons. The molecule has 0 unspecified atom stereocenters. The molecule has 1 aliphatic rings. The standard InChI is InChI=1S/C11H10ClN3O2/c12-8-4-7(5-13)6-14-10(8)15-3-1-2-9(15)11(16)17/h4,6,9H,1-3H2,(H,16,17)/t9-/m1/s1. The Morgan fingerprint density at radius 3 is 3.06 bits per heavy atom. The highest BCUT2D eigenvalue weighted by molar-refractivity contribution is 6.33. The number of carboxylic acid groups (broad SMARTS) is 1. The van der Waals surface area contributed by atoms with Crippen molar-refractivity contribution >= 4 is 23.4 Å². The van der Waals surface area contributed by atoms with Gasteiger partial charge in [-0.3, -0.25) is 0 Å². The maximum atomic E-state index is 11.1. The van der Waals surface area contributed by atoms with Crippen molar-refractivity contribution in [2.24, 2.45) is 0 Å². The molecule has 1 fully saturated rings. The molecule has 88 valence electrons. The van der Waals surface area contributed by atoms with Gasteiger partial charge >= 0.3 is 5.97 Å². The number of nitriles is 1. The van der Waals surface area contributed by atoms with Gasteiger partial charge in [0.25, 0.3) is 0 Å². The lowest BCUT2D eigenvalue weighted by Crippen LogP contribution is -2.36. The van der Waals surface area contributed by atoms with Crippen LogP contribution in [0.1, 0.15) is 18.4 Å². The average Bonchev–Trinajstić information content (AvgIpc) is 2.77. The molecule has 0 aliphatic carbocycles. The molecule has 17 heavy (non-hydrogen) atoms. The fraction of sp³-hybridized carbons (Fsp3) is 0.364.